The van der Waals surface area contributed by atoms with E-state index in [4.69, 9.17) is 14.2 Å². The zero-order chi connectivity index (χ0) is 17.8. The van der Waals surface area contributed by atoms with E-state index in [9.17, 15) is 4.79 Å². The second-order valence-corrected chi connectivity index (χ2v) is 6.21. The van der Waals surface area contributed by atoms with Crippen LogP contribution in [0.3, 0.4) is 0 Å². The highest BCUT2D eigenvalue weighted by molar-refractivity contribution is 5.81. The fourth-order valence-corrected chi connectivity index (χ4v) is 2.69. The highest BCUT2D eigenvalue weighted by Gasteiger charge is 2.19. The number of nitrogens with one attached hydrogen (secondary N) is 1. The highest BCUT2D eigenvalue weighted by atomic mass is 16.6. The van der Waals surface area contributed by atoms with E-state index in [-0.39, 0.29) is 11.9 Å². The summed E-state index contributed by atoms with van der Waals surface area (Å²) in [5.41, 5.74) is 2.05. The van der Waals surface area contributed by atoms with Crippen LogP contribution in [0.5, 0.6) is 17.2 Å². The van der Waals surface area contributed by atoms with Crippen molar-refractivity contribution in [1.29, 1.82) is 0 Å². The van der Waals surface area contributed by atoms with Crippen molar-refractivity contribution in [2.24, 2.45) is 0 Å². The number of carbonyl (C=O) groups is 1. The molecule has 2 atom stereocenters. The predicted molar refractivity (Wildman–Crippen MR) is 95.3 cm³/mol. The number of hydrogen-bond donors (Lipinski definition) is 1. The average molecular weight is 341 g/mol. The summed E-state index contributed by atoms with van der Waals surface area (Å²) in [6, 6.07) is 13.2. The fraction of sp³-hybridized carbons (Fsp3) is 0.350. The summed E-state index contributed by atoms with van der Waals surface area (Å²) in [6.07, 6.45) is -0.582. The molecule has 0 aliphatic carbocycles. The maximum atomic E-state index is 12.4. The Labute approximate surface area is 147 Å². The normalized spacial score (nSPS) is 15.2. The van der Waals surface area contributed by atoms with E-state index in [1.165, 1.54) is 0 Å². The van der Waals surface area contributed by atoms with Crippen molar-refractivity contribution in [2.45, 2.75) is 32.9 Å². The maximum absolute atomic E-state index is 12.4. The molecule has 1 amide bonds. The van der Waals surface area contributed by atoms with E-state index in [0.29, 0.717) is 24.7 Å². The first-order chi connectivity index (χ1) is 12.0. The van der Waals surface area contributed by atoms with Gasteiger partial charge in [0.25, 0.3) is 5.91 Å². The molecule has 0 bridgehead atoms. The number of amides is 1. The molecular weight excluding hydrogens is 318 g/mol. The lowest BCUT2D eigenvalue weighted by Gasteiger charge is -2.22. The van der Waals surface area contributed by atoms with E-state index in [1.54, 1.807) is 6.92 Å². The number of ether oxygens (including phenoxy) is 3. The molecule has 0 saturated heterocycles. The first-order valence-electron chi connectivity index (χ1n) is 8.46. The van der Waals surface area contributed by atoms with Crippen LogP contribution in [0.15, 0.2) is 42.5 Å². The summed E-state index contributed by atoms with van der Waals surface area (Å²) >= 11 is 0. The molecule has 132 valence electrons. The SMILES string of the molecule is Cc1cccc(O[C@@H](C)C(=O)N[C@H](C)c2ccc3c(c2)OCCO3)c1. The summed E-state index contributed by atoms with van der Waals surface area (Å²) in [5.74, 6) is 1.98. The summed E-state index contributed by atoms with van der Waals surface area (Å²) in [4.78, 5) is 12.4. The molecule has 0 aromatic heterocycles. The van der Waals surface area contributed by atoms with Gasteiger partial charge in [-0.15, -0.1) is 0 Å². The Morgan fingerprint density at radius 2 is 1.84 bits per heavy atom. The van der Waals surface area contributed by atoms with Crippen LogP contribution in [-0.2, 0) is 4.79 Å². The molecule has 0 saturated carbocycles. The lowest BCUT2D eigenvalue weighted by atomic mass is 10.1. The Hall–Kier alpha value is -2.69. The van der Waals surface area contributed by atoms with Crippen LogP contribution in [0.2, 0.25) is 0 Å². The molecule has 0 fully saturated rings. The molecule has 5 heteroatoms. The Kier molecular flexibility index (Phi) is 5.12. The molecule has 3 rings (SSSR count). The fourth-order valence-electron chi connectivity index (χ4n) is 2.69. The quantitative estimate of drug-likeness (QED) is 0.905. The van der Waals surface area contributed by atoms with E-state index in [1.807, 2.05) is 56.3 Å². The minimum Gasteiger partial charge on any atom is -0.486 e. The number of aryl methyl sites for hydroxylation is 1. The Morgan fingerprint density at radius 3 is 2.60 bits per heavy atom. The van der Waals surface area contributed by atoms with Crippen LogP contribution in [0.4, 0.5) is 0 Å². The molecule has 0 unspecified atom stereocenters. The van der Waals surface area contributed by atoms with Crippen molar-refractivity contribution in [3.63, 3.8) is 0 Å². The molecule has 2 aromatic carbocycles. The summed E-state index contributed by atoms with van der Waals surface area (Å²) in [5, 5.41) is 2.98. The summed E-state index contributed by atoms with van der Waals surface area (Å²) in [7, 11) is 0. The van der Waals surface area contributed by atoms with Gasteiger partial charge < -0.3 is 19.5 Å². The smallest absolute Gasteiger partial charge is 0.261 e. The van der Waals surface area contributed by atoms with Gasteiger partial charge in [-0.2, -0.15) is 0 Å². The first kappa shape index (κ1) is 17.1. The van der Waals surface area contributed by atoms with Gasteiger partial charge in [-0.3, -0.25) is 4.79 Å². The molecule has 25 heavy (non-hydrogen) atoms. The Balaban J connectivity index is 1.61. The molecule has 0 spiro atoms. The van der Waals surface area contributed by atoms with E-state index >= 15 is 0 Å². The molecule has 0 radical (unpaired) electrons. The number of rotatable bonds is 5. The van der Waals surface area contributed by atoms with Crippen LogP contribution in [-0.4, -0.2) is 25.2 Å². The molecule has 5 nitrogen and oxygen atoms in total. The summed E-state index contributed by atoms with van der Waals surface area (Å²) in [6.45, 7) is 6.77. The van der Waals surface area contributed by atoms with Gasteiger partial charge in [-0.1, -0.05) is 18.2 Å². The zero-order valence-electron chi connectivity index (χ0n) is 14.7. The van der Waals surface area contributed by atoms with E-state index < -0.39 is 6.10 Å². The third kappa shape index (κ3) is 4.24. The monoisotopic (exact) mass is 341 g/mol. The van der Waals surface area contributed by atoms with Gasteiger partial charge in [0.2, 0.25) is 0 Å². The van der Waals surface area contributed by atoms with Gasteiger partial charge in [0, 0.05) is 0 Å². The third-order valence-corrected chi connectivity index (χ3v) is 4.10. The molecule has 2 aromatic rings. The second kappa shape index (κ2) is 7.47. The van der Waals surface area contributed by atoms with Gasteiger partial charge in [0.1, 0.15) is 19.0 Å². The van der Waals surface area contributed by atoms with Gasteiger partial charge in [0.15, 0.2) is 17.6 Å². The van der Waals surface area contributed by atoms with Crippen molar-refractivity contribution < 1.29 is 19.0 Å². The van der Waals surface area contributed by atoms with Gasteiger partial charge >= 0.3 is 0 Å². The number of carbonyl (C=O) groups excluding carboxylic acids is 1. The number of benzene rings is 2. The Morgan fingerprint density at radius 1 is 1.08 bits per heavy atom. The van der Waals surface area contributed by atoms with Crippen LogP contribution in [0.1, 0.15) is 31.0 Å². The molecule has 1 aliphatic heterocycles. The van der Waals surface area contributed by atoms with Crippen molar-refractivity contribution in [1.82, 2.24) is 5.32 Å². The minimum atomic E-state index is -0.582. The highest BCUT2D eigenvalue weighted by Crippen LogP contribution is 2.32. The van der Waals surface area contributed by atoms with E-state index in [2.05, 4.69) is 5.32 Å². The largest absolute Gasteiger partial charge is 0.486 e. The van der Waals surface area contributed by atoms with Gasteiger partial charge in [-0.25, -0.2) is 0 Å². The van der Waals surface area contributed by atoms with Gasteiger partial charge in [0.05, 0.1) is 6.04 Å². The summed E-state index contributed by atoms with van der Waals surface area (Å²) < 4.78 is 16.8. The average Bonchev–Trinajstić information content (AvgIpc) is 2.61. The standard InChI is InChI=1S/C20H23NO4/c1-13-5-4-6-17(11-13)25-15(3)20(22)21-14(2)16-7-8-18-19(12-16)24-10-9-23-18/h4-8,11-12,14-15H,9-10H2,1-3H3,(H,21,22)/t14-,15+/m1/s1. The van der Waals surface area contributed by atoms with E-state index in [0.717, 1.165) is 16.9 Å². The van der Waals surface area contributed by atoms with Crippen molar-refractivity contribution in [3.05, 3.63) is 53.6 Å². The topological polar surface area (TPSA) is 56.8 Å². The number of hydrogen-bond acceptors (Lipinski definition) is 4. The minimum absolute atomic E-state index is 0.160. The molecule has 1 aliphatic rings. The predicted octanol–water partition coefficient (Wildman–Crippen LogP) is 3.41. The number of fused-ring (bicyclic) bond motifs is 1. The van der Waals surface area contributed by atoms with Crippen molar-refractivity contribution in [2.75, 3.05) is 13.2 Å². The van der Waals surface area contributed by atoms with Crippen molar-refractivity contribution >= 4 is 5.91 Å². The van der Waals surface area contributed by atoms with Crippen LogP contribution in [0.25, 0.3) is 0 Å². The van der Waals surface area contributed by atoms with Crippen molar-refractivity contribution in [3.8, 4) is 17.2 Å². The Bertz CT molecular complexity index is 759. The zero-order valence-corrected chi connectivity index (χ0v) is 14.7. The van der Waals surface area contributed by atoms with Crippen LogP contribution < -0.4 is 19.5 Å². The maximum Gasteiger partial charge on any atom is 0.261 e. The lowest BCUT2D eigenvalue weighted by Crippen LogP contribution is -2.37. The van der Waals surface area contributed by atoms with Gasteiger partial charge in [-0.05, 0) is 56.2 Å². The molecular formula is C20H23NO4. The second-order valence-electron chi connectivity index (χ2n) is 6.21. The third-order valence-electron chi connectivity index (χ3n) is 4.10. The van der Waals surface area contributed by atoms with Crippen LogP contribution >= 0.6 is 0 Å². The lowest BCUT2D eigenvalue weighted by molar-refractivity contribution is -0.127. The first-order valence-corrected chi connectivity index (χ1v) is 8.46. The molecule has 1 heterocycles. The molecule has 1 N–H and O–H groups in total. The van der Waals surface area contributed by atoms with Crippen LogP contribution in [0, 0.1) is 6.92 Å².